The van der Waals surface area contributed by atoms with Crippen LogP contribution in [0.15, 0.2) is 18.3 Å². The molecule has 0 amide bonds. The molecule has 66 valence electrons. The normalized spacial score (nSPS) is 10.2. The van der Waals surface area contributed by atoms with Crippen LogP contribution in [0.3, 0.4) is 0 Å². The summed E-state index contributed by atoms with van der Waals surface area (Å²) in [6, 6.07) is 3.92. The van der Waals surface area contributed by atoms with Crippen molar-refractivity contribution >= 4 is 0 Å². The van der Waals surface area contributed by atoms with Crippen molar-refractivity contribution in [3.8, 4) is 0 Å². The van der Waals surface area contributed by atoms with Gasteiger partial charge in [-0.15, -0.1) is 0 Å². The molecule has 0 atom stereocenters. The highest BCUT2D eigenvalue weighted by Gasteiger charge is 1.93. The highest BCUT2D eigenvalue weighted by Crippen LogP contribution is 2.00. The van der Waals surface area contributed by atoms with Crippen LogP contribution in [0.1, 0.15) is 18.2 Å². The minimum atomic E-state index is 0.544. The summed E-state index contributed by atoms with van der Waals surface area (Å²) >= 11 is 0. The molecule has 0 fully saturated rings. The van der Waals surface area contributed by atoms with Crippen molar-refractivity contribution in [3.05, 3.63) is 29.6 Å². The van der Waals surface area contributed by atoms with Gasteiger partial charge in [0.05, 0.1) is 12.3 Å². The van der Waals surface area contributed by atoms with E-state index in [1.165, 1.54) is 0 Å². The van der Waals surface area contributed by atoms with Crippen molar-refractivity contribution in [1.82, 2.24) is 4.98 Å². The first-order valence-electron chi connectivity index (χ1n) is 4.08. The van der Waals surface area contributed by atoms with E-state index in [4.69, 9.17) is 10.5 Å². The maximum absolute atomic E-state index is 5.43. The lowest BCUT2D eigenvalue weighted by Gasteiger charge is -2.01. The highest BCUT2D eigenvalue weighted by molar-refractivity contribution is 5.13. The average molecular weight is 166 g/mol. The number of hydrogen-bond acceptors (Lipinski definition) is 3. The summed E-state index contributed by atoms with van der Waals surface area (Å²) in [6.07, 6.45) is 1.79. The SMILES string of the molecule is CCOCc1ccc(CN)cn1. The Morgan fingerprint density at radius 2 is 2.33 bits per heavy atom. The predicted molar refractivity (Wildman–Crippen MR) is 47.5 cm³/mol. The van der Waals surface area contributed by atoms with Crippen LogP contribution in [0.2, 0.25) is 0 Å². The molecule has 0 aliphatic carbocycles. The van der Waals surface area contributed by atoms with Gasteiger partial charge in [-0.3, -0.25) is 4.98 Å². The van der Waals surface area contributed by atoms with Crippen LogP contribution in [0.25, 0.3) is 0 Å². The van der Waals surface area contributed by atoms with Gasteiger partial charge in [0.15, 0.2) is 0 Å². The lowest BCUT2D eigenvalue weighted by molar-refractivity contribution is 0.131. The number of nitrogens with zero attached hydrogens (tertiary/aromatic N) is 1. The molecule has 1 heterocycles. The molecule has 0 saturated carbocycles. The quantitative estimate of drug-likeness (QED) is 0.728. The number of hydrogen-bond donors (Lipinski definition) is 1. The molecule has 3 nitrogen and oxygen atoms in total. The summed E-state index contributed by atoms with van der Waals surface area (Å²) in [4.78, 5) is 4.18. The van der Waals surface area contributed by atoms with E-state index in [9.17, 15) is 0 Å². The van der Waals surface area contributed by atoms with Crippen LogP contribution in [-0.4, -0.2) is 11.6 Å². The van der Waals surface area contributed by atoms with Crippen molar-refractivity contribution in [2.75, 3.05) is 6.61 Å². The van der Waals surface area contributed by atoms with Gasteiger partial charge >= 0.3 is 0 Å². The summed E-state index contributed by atoms with van der Waals surface area (Å²) in [5.41, 5.74) is 7.43. The third-order valence-electron chi connectivity index (χ3n) is 1.58. The maximum atomic E-state index is 5.43. The molecule has 2 N–H and O–H groups in total. The molecule has 0 radical (unpaired) electrons. The zero-order valence-corrected chi connectivity index (χ0v) is 7.29. The molecule has 0 aromatic carbocycles. The van der Waals surface area contributed by atoms with E-state index in [2.05, 4.69) is 4.98 Å². The summed E-state index contributed by atoms with van der Waals surface area (Å²) < 4.78 is 5.20. The highest BCUT2D eigenvalue weighted by atomic mass is 16.5. The van der Waals surface area contributed by atoms with Crippen LogP contribution in [0, 0.1) is 0 Å². The predicted octanol–water partition coefficient (Wildman–Crippen LogP) is 1.08. The Bertz CT molecular complexity index is 220. The molecular formula is C9H14N2O. The summed E-state index contributed by atoms with van der Waals surface area (Å²) in [5.74, 6) is 0. The monoisotopic (exact) mass is 166 g/mol. The third-order valence-corrected chi connectivity index (χ3v) is 1.58. The van der Waals surface area contributed by atoms with Crippen molar-refractivity contribution in [3.63, 3.8) is 0 Å². The van der Waals surface area contributed by atoms with E-state index in [0.29, 0.717) is 13.2 Å². The van der Waals surface area contributed by atoms with Gasteiger partial charge in [-0.25, -0.2) is 0 Å². The largest absolute Gasteiger partial charge is 0.375 e. The van der Waals surface area contributed by atoms with Gasteiger partial charge in [-0.1, -0.05) is 6.07 Å². The maximum Gasteiger partial charge on any atom is 0.0887 e. The minimum absolute atomic E-state index is 0.544. The Labute approximate surface area is 72.6 Å². The molecule has 0 unspecified atom stereocenters. The van der Waals surface area contributed by atoms with Crippen LogP contribution in [0.5, 0.6) is 0 Å². The second kappa shape index (κ2) is 4.85. The third kappa shape index (κ3) is 2.60. The lowest BCUT2D eigenvalue weighted by atomic mass is 10.2. The molecule has 0 bridgehead atoms. The first kappa shape index (κ1) is 9.16. The minimum Gasteiger partial charge on any atom is -0.375 e. The van der Waals surface area contributed by atoms with Gasteiger partial charge in [0.25, 0.3) is 0 Å². The van der Waals surface area contributed by atoms with Crippen LogP contribution >= 0.6 is 0 Å². The fraction of sp³-hybridized carbons (Fsp3) is 0.444. The smallest absolute Gasteiger partial charge is 0.0887 e. The molecule has 0 spiro atoms. The molecule has 1 rings (SSSR count). The first-order chi connectivity index (χ1) is 5.86. The zero-order valence-electron chi connectivity index (χ0n) is 7.29. The lowest BCUT2D eigenvalue weighted by Crippen LogP contribution is -1.99. The van der Waals surface area contributed by atoms with Crippen molar-refractivity contribution in [2.45, 2.75) is 20.1 Å². The summed E-state index contributed by atoms with van der Waals surface area (Å²) in [6.45, 7) is 3.82. The van der Waals surface area contributed by atoms with E-state index >= 15 is 0 Å². The molecular weight excluding hydrogens is 152 g/mol. The standard InChI is InChI=1S/C9H14N2O/c1-2-12-7-9-4-3-8(5-10)6-11-9/h3-4,6H,2,5,7,10H2,1H3. The van der Waals surface area contributed by atoms with Crippen molar-refractivity contribution < 1.29 is 4.74 Å². The Kier molecular flexibility index (Phi) is 3.70. The van der Waals surface area contributed by atoms with E-state index in [1.807, 2.05) is 19.1 Å². The van der Waals surface area contributed by atoms with Crippen molar-refractivity contribution in [2.24, 2.45) is 5.73 Å². The van der Waals surface area contributed by atoms with E-state index in [1.54, 1.807) is 6.20 Å². The summed E-state index contributed by atoms with van der Waals surface area (Å²) in [5, 5.41) is 0. The average Bonchev–Trinajstić information content (AvgIpc) is 2.15. The molecule has 0 saturated heterocycles. The van der Waals surface area contributed by atoms with E-state index in [0.717, 1.165) is 17.9 Å². The van der Waals surface area contributed by atoms with Gasteiger partial charge in [0.2, 0.25) is 0 Å². The number of ether oxygens (including phenoxy) is 1. The van der Waals surface area contributed by atoms with Crippen LogP contribution in [0.4, 0.5) is 0 Å². The fourth-order valence-corrected chi connectivity index (χ4v) is 0.868. The Hall–Kier alpha value is -0.930. The van der Waals surface area contributed by atoms with Gasteiger partial charge in [-0.05, 0) is 18.6 Å². The van der Waals surface area contributed by atoms with E-state index in [-0.39, 0.29) is 0 Å². The molecule has 0 aliphatic rings. The first-order valence-corrected chi connectivity index (χ1v) is 4.08. The number of nitrogens with two attached hydrogens (primary N) is 1. The Morgan fingerprint density at radius 3 is 2.83 bits per heavy atom. The van der Waals surface area contributed by atoms with Gasteiger partial charge in [-0.2, -0.15) is 0 Å². The Balaban J connectivity index is 2.53. The summed E-state index contributed by atoms with van der Waals surface area (Å²) in [7, 11) is 0. The number of aromatic nitrogens is 1. The second-order valence-electron chi connectivity index (χ2n) is 2.50. The Morgan fingerprint density at radius 1 is 1.50 bits per heavy atom. The zero-order chi connectivity index (χ0) is 8.81. The number of rotatable bonds is 4. The van der Waals surface area contributed by atoms with Gasteiger partial charge in [0, 0.05) is 19.3 Å². The van der Waals surface area contributed by atoms with Crippen LogP contribution < -0.4 is 5.73 Å². The molecule has 12 heavy (non-hydrogen) atoms. The molecule has 0 aliphatic heterocycles. The second-order valence-corrected chi connectivity index (χ2v) is 2.50. The molecule has 1 aromatic heterocycles. The van der Waals surface area contributed by atoms with Crippen molar-refractivity contribution in [1.29, 1.82) is 0 Å². The van der Waals surface area contributed by atoms with Gasteiger partial charge in [0.1, 0.15) is 0 Å². The number of pyridine rings is 1. The fourth-order valence-electron chi connectivity index (χ4n) is 0.868. The molecule has 1 aromatic rings. The van der Waals surface area contributed by atoms with Gasteiger partial charge < -0.3 is 10.5 Å². The van der Waals surface area contributed by atoms with Crippen LogP contribution in [-0.2, 0) is 17.9 Å². The molecule has 3 heteroatoms. The topological polar surface area (TPSA) is 48.1 Å². The van der Waals surface area contributed by atoms with E-state index < -0.39 is 0 Å².